The second-order valence-corrected chi connectivity index (χ2v) is 5.77. The molecule has 0 saturated carbocycles. The van der Waals surface area contributed by atoms with Gasteiger partial charge in [-0.25, -0.2) is 0 Å². The molecule has 102 valence electrons. The highest BCUT2D eigenvalue weighted by atomic mass is 32.1. The van der Waals surface area contributed by atoms with E-state index < -0.39 is 0 Å². The zero-order chi connectivity index (χ0) is 13.9. The maximum Gasteiger partial charge on any atom is 0.272 e. The summed E-state index contributed by atoms with van der Waals surface area (Å²) >= 11 is 1.73. The molecule has 5 heteroatoms. The quantitative estimate of drug-likeness (QED) is 0.774. The van der Waals surface area contributed by atoms with Crippen molar-refractivity contribution in [1.29, 1.82) is 0 Å². The van der Waals surface area contributed by atoms with Crippen LogP contribution in [-0.2, 0) is 13.0 Å². The SMILES string of the molecule is CCc1ccc(CNC(=O)c2n[nH]c3ccccc23)s1. The lowest BCUT2D eigenvalue weighted by Gasteiger charge is -2.01. The fraction of sp³-hybridized carbons (Fsp3) is 0.200. The van der Waals surface area contributed by atoms with Crippen LogP contribution in [0.3, 0.4) is 0 Å². The first-order chi connectivity index (χ1) is 9.78. The first-order valence-electron chi connectivity index (χ1n) is 6.57. The average Bonchev–Trinajstić information content (AvgIpc) is 3.11. The molecule has 20 heavy (non-hydrogen) atoms. The summed E-state index contributed by atoms with van der Waals surface area (Å²) in [7, 11) is 0. The Hall–Kier alpha value is -2.14. The molecule has 3 rings (SSSR count). The van der Waals surface area contributed by atoms with Crippen LogP contribution in [0.2, 0.25) is 0 Å². The Morgan fingerprint density at radius 2 is 2.05 bits per heavy atom. The Morgan fingerprint density at radius 1 is 1.25 bits per heavy atom. The number of amides is 1. The van der Waals surface area contributed by atoms with Gasteiger partial charge in [0.25, 0.3) is 5.91 Å². The van der Waals surface area contributed by atoms with Gasteiger partial charge in [-0.15, -0.1) is 11.3 Å². The lowest BCUT2D eigenvalue weighted by molar-refractivity contribution is 0.0948. The van der Waals surface area contributed by atoms with Gasteiger partial charge in [0.15, 0.2) is 5.69 Å². The number of carbonyl (C=O) groups is 1. The molecule has 0 fully saturated rings. The minimum atomic E-state index is -0.145. The molecule has 0 unspecified atom stereocenters. The Balaban J connectivity index is 1.73. The smallest absolute Gasteiger partial charge is 0.272 e. The van der Waals surface area contributed by atoms with Gasteiger partial charge in [0.1, 0.15) is 0 Å². The Labute approximate surface area is 120 Å². The van der Waals surface area contributed by atoms with Gasteiger partial charge in [-0.1, -0.05) is 25.1 Å². The van der Waals surface area contributed by atoms with Gasteiger partial charge in [0.2, 0.25) is 0 Å². The number of carbonyl (C=O) groups excluding carboxylic acids is 1. The lowest BCUT2D eigenvalue weighted by atomic mass is 10.2. The fourth-order valence-corrected chi connectivity index (χ4v) is 2.99. The van der Waals surface area contributed by atoms with E-state index in [1.165, 1.54) is 4.88 Å². The predicted octanol–water partition coefficient (Wildman–Crippen LogP) is 3.12. The van der Waals surface area contributed by atoms with Gasteiger partial charge in [-0.2, -0.15) is 5.10 Å². The third-order valence-electron chi connectivity index (χ3n) is 3.17. The van der Waals surface area contributed by atoms with Gasteiger partial charge >= 0.3 is 0 Å². The van der Waals surface area contributed by atoms with Gasteiger partial charge in [0.05, 0.1) is 12.1 Å². The number of aromatic amines is 1. The maximum absolute atomic E-state index is 12.2. The molecule has 4 nitrogen and oxygen atoms in total. The van der Waals surface area contributed by atoms with E-state index >= 15 is 0 Å². The molecular formula is C15H15N3OS. The molecule has 0 aliphatic carbocycles. The van der Waals surface area contributed by atoms with Crippen LogP contribution in [-0.4, -0.2) is 16.1 Å². The Morgan fingerprint density at radius 3 is 2.85 bits per heavy atom. The van der Waals surface area contributed by atoms with E-state index in [-0.39, 0.29) is 5.91 Å². The number of para-hydroxylation sites is 1. The number of hydrogen-bond donors (Lipinski definition) is 2. The number of aryl methyl sites for hydroxylation is 1. The number of fused-ring (bicyclic) bond motifs is 1. The third-order valence-corrected chi connectivity index (χ3v) is 4.40. The minimum Gasteiger partial charge on any atom is -0.346 e. The molecule has 0 atom stereocenters. The molecule has 0 aliphatic rings. The number of hydrogen-bond acceptors (Lipinski definition) is 3. The molecule has 2 N–H and O–H groups in total. The topological polar surface area (TPSA) is 57.8 Å². The highest BCUT2D eigenvalue weighted by molar-refractivity contribution is 7.11. The lowest BCUT2D eigenvalue weighted by Crippen LogP contribution is -2.22. The summed E-state index contributed by atoms with van der Waals surface area (Å²) in [5.74, 6) is -0.145. The molecule has 0 radical (unpaired) electrons. The summed E-state index contributed by atoms with van der Waals surface area (Å²) < 4.78 is 0. The molecule has 0 aliphatic heterocycles. The van der Waals surface area contributed by atoms with E-state index in [2.05, 4.69) is 34.6 Å². The first kappa shape index (κ1) is 12.9. The van der Waals surface area contributed by atoms with E-state index in [1.807, 2.05) is 24.3 Å². The summed E-state index contributed by atoms with van der Waals surface area (Å²) in [5.41, 5.74) is 1.33. The summed E-state index contributed by atoms with van der Waals surface area (Å²) in [6, 6.07) is 11.8. The van der Waals surface area contributed by atoms with Crippen molar-refractivity contribution in [2.75, 3.05) is 0 Å². The molecule has 0 spiro atoms. The molecule has 1 amide bonds. The highest BCUT2D eigenvalue weighted by Gasteiger charge is 2.13. The summed E-state index contributed by atoms with van der Waals surface area (Å²) in [6.45, 7) is 2.68. The van der Waals surface area contributed by atoms with Crippen LogP contribution in [0.15, 0.2) is 36.4 Å². The number of benzene rings is 1. The second kappa shape index (κ2) is 5.46. The van der Waals surface area contributed by atoms with Crippen molar-refractivity contribution in [3.05, 3.63) is 51.8 Å². The number of aromatic nitrogens is 2. The first-order valence-corrected chi connectivity index (χ1v) is 7.38. The van der Waals surface area contributed by atoms with Crippen molar-refractivity contribution in [3.63, 3.8) is 0 Å². The summed E-state index contributed by atoms with van der Waals surface area (Å²) in [4.78, 5) is 14.7. The van der Waals surface area contributed by atoms with Crippen LogP contribution < -0.4 is 5.32 Å². The van der Waals surface area contributed by atoms with Crippen LogP contribution in [0.4, 0.5) is 0 Å². The van der Waals surface area contributed by atoms with Crippen molar-refractivity contribution < 1.29 is 4.79 Å². The molecule has 2 aromatic heterocycles. The van der Waals surface area contributed by atoms with Gasteiger partial charge in [0, 0.05) is 15.1 Å². The van der Waals surface area contributed by atoms with E-state index in [1.54, 1.807) is 11.3 Å². The van der Waals surface area contributed by atoms with Crippen LogP contribution in [0.25, 0.3) is 10.9 Å². The van der Waals surface area contributed by atoms with E-state index in [0.29, 0.717) is 12.2 Å². The zero-order valence-corrected chi connectivity index (χ0v) is 12.0. The van der Waals surface area contributed by atoms with Crippen molar-refractivity contribution in [2.45, 2.75) is 19.9 Å². The molecule has 0 bridgehead atoms. The van der Waals surface area contributed by atoms with Crippen LogP contribution in [0.1, 0.15) is 27.2 Å². The predicted molar refractivity (Wildman–Crippen MR) is 81.0 cm³/mol. The second-order valence-electron chi connectivity index (χ2n) is 4.52. The fourth-order valence-electron chi connectivity index (χ4n) is 2.10. The number of rotatable bonds is 4. The van der Waals surface area contributed by atoms with Gasteiger partial charge in [-0.3, -0.25) is 9.89 Å². The average molecular weight is 285 g/mol. The third kappa shape index (κ3) is 2.44. The number of nitrogens with one attached hydrogen (secondary N) is 2. The number of H-pyrrole nitrogens is 1. The largest absolute Gasteiger partial charge is 0.346 e. The van der Waals surface area contributed by atoms with Crippen LogP contribution in [0, 0.1) is 0 Å². The molecular weight excluding hydrogens is 270 g/mol. The summed E-state index contributed by atoms with van der Waals surface area (Å²) in [5, 5.41) is 10.7. The Bertz CT molecular complexity index is 744. The highest BCUT2D eigenvalue weighted by Crippen LogP contribution is 2.18. The maximum atomic E-state index is 12.2. The zero-order valence-electron chi connectivity index (χ0n) is 11.1. The minimum absolute atomic E-state index is 0.145. The van der Waals surface area contributed by atoms with E-state index in [4.69, 9.17) is 0 Å². The number of nitrogens with zero attached hydrogens (tertiary/aromatic N) is 1. The van der Waals surface area contributed by atoms with Gasteiger partial charge in [-0.05, 0) is 24.6 Å². The molecule has 0 saturated heterocycles. The number of thiophene rings is 1. The van der Waals surface area contributed by atoms with Crippen molar-refractivity contribution >= 4 is 28.1 Å². The van der Waals surface area contributed by atoms with Crippen LogP contribution >= 0.6 is 11.3 Å². The van der Waals surface area contributed by atoms with Crippen LogP contribution in [0.5, 0.6) is 0 Å². The standard InChI is InChI=1S/C15H15N3OS/c1-2-10-7-8-11(20-10)9-16-15(19)14-12-5-3-4-6-13(12)17-18-14/h3-8H,2,9H2,1H3,(H,16,19)(H,17,18). The van der Waals surface area contributed by atoms with Gasteiger partial charge < -0.3 is 5.32 Å². The summed E-state index contributed by atoms with van der Waals surface area (Å²) in [6.07, 6.45) is 1.03. The monoisotopic (exact) mass is 285 g/mol. The Kier molecular flexibility index (Phi) is 3.52. The molecule has 1 aromatic carbocycles. The molecule has 2 heterocycles. The van der Waals surface area contributed by atoms with Crippen molar-refractivity contribution in [1.82, 2.24) is 15.5 Å². The normalized spacial score (nSPS) is 10.8. The van der Waals surface area contributed by atoms with Crippen molar-refractivity contribution in [3.8, 4) is 0 Å². The van der Waals surface area contributed by atoms with E-state index in [9.17, 15) is 4.79 Å². The van der Waals surface area contributed by atoms with E-state index in [0.717, 1.165) is 22.2 Å². The molecule has 3 aromatic rings. The van der Waals surface area contributed by atoms with Crippen molar-refractivity contribution in [2.24, 2.45) is 0 Å².